The second-order valence-electron chi connectivity index (χ2n) is 6.87. The number of hydrogen-bond acceptors (Lipinski definition) is 6. The molecule has 1 aliphatic heterocycles. The van der Waals surface area contributed by atoms with E-state index in [0.717, 1.165) is 53.6 Å². The van der Waals surface area contributed by atoms with E-state index in [1.54, 1.807) is 24.8 Å². The molecule has 1 amide bonds. The summed E-state index contributed by atoms with van der Waals surface area (Å²) in [5.41, 5.74) is 2.17. The Balaban J connectivity index is 1.89. The molecule has 0 atom stereocenters. The summed E-state index contributed by atoms with van der Waals surface area (Å²) in [5, 5.41) is 3.59. The van der Waals surface area contributed by atoms with E-state index in [1.807, 2.05) is 18.2 Å². The van der Waals surface area contributed by atoms with E-state index < -0.39 is 0 Å². The molecule has 1 N–H and O–H groups in total. The lowest BCUT2D eigenvalue weighted by molar-refractivity contribution is 0.0526. The van der Waals surface area contributed by atoms with Gasteiger partial charge >= 0.3 is 5.97 Å². The first-order valence-electron chi connectivity index (χ1n) is 10.2. The molecule has 7 heteroatoms. The van der Waals surface area contributed by atoms with Gasteiger partial charge in [-0.25, -0.2) is 4.79 Å². The molecule has 29 heavy (non-hydrogen) atoms. The standard InChI is InChI=1S/C22H28N2O3S2/c1-4-11-24-12-10-17-18(14-24)29-21(19(17)22(26)27-5-2)23-20(25)15-8-7-9-16(13-15)28-6-3/h7-9,13H,4-6,10-12,14H2,1-3H3,(H,23,25). The Bertz CT molecular complexity index is 879. The van der Waals surface area contributed by atoms with Gasteiger partial charge in [0.15, 0.2) is 0 Å². The number of fused-ring (bicyclic) bond motifs is 1. The third kappa shape index (κ3) is 5.21. The van der Waals surface area contributed by atoms with Gasteiger partial charge in [0.2, 0.25) is 0 Å². The summed E-state index contributed by atoms with van der Waals surface area (Å²) in [4.78, 5) is 30.2. The van der Waals surface area contributed by atoms with Crippen LogP contribution in [-0.4, -0.2) is 42.2 Å². The van der Waals surface area contributed by atoms with Crippen LogP contribution < -0.4 is 5.32 Å². The zero-order valence-electron chi connectivity index (χ0n) is 17.2. The maximum absolute atomic E-state index is 12.9. The van der Waals surface area contributed by atoms with Crippen LogP contribution in [0.1, 0.15) is 58.3 Å². The second-order valence-corrected chi connectivity index (χ2v) is 9.31. The summed E-state index contributed by atoms with van der Waals surface area (Å²) in [6.07, 6.45) is 1.90. The molecular weight excluding hydrogens is 404 g/mol. The summed E-state index contributed by atoms with van der Waals surface area (Å²) in [6.45, 7) is 9.15. The van der Waals surface area contributed by atoms with E-state index in [4.69, 9.17) is 4.74 Å². The first-order valence-corrected chi connectivity index (χ1v) is 12.0. The Kier molecular flexibility index (Phi) is 7.75. The average molecular weight is 433 g/mol. The summed E-state index contributed by atoms with van der Waals surface area (Å²) < 4.78 is 5.31. The van der Waals surface area contributed by atoms with Crippen molar-refractivity contribution in [3.05, 3.63) is 45.8 Å². The Labute approximate surface area is 180 Å². The highest BCUT2D eigenvalue weighted by molar-refractivity contribution is 7.99. The highest BCUT2D eigenvalue weighted by Crippen LogP contribution is 2.38. The van der Waals surface area contributed by atoms with Gasteiger partial charge in [-0.15, -0.1) is 23.1 Å². The molecule has 0 fully saturated rings. The summed E-state index contributed by atoms with van der Waals surface area (Å²) in [5.74, 6) is 0.405. The van der Waals surface area contributed by atoms with Crippen molar-refractivity contribution >= 4 is 40.0 Å². The van der Waals surface area contributed by atoms with E-state index in [2.05, 4.69) is 24.1 Å². The predicted octanol–water partition coefficient (Wildman–Crippen LogP) is 5.06. The molecule has 1 aliphatic rings. The van der Waals surface area contributed by atoms with Gasteiger partial charge in [0.1, 0.15) is 5.00 Å². The summed E-state index contributed by atoms with van der Waals surface area (Å²) in [7, 11) is 0. The number of carbonyl (C=O) groups excluding carboxylic acids is 2. The minimum Gasteiger partial charge on any atom is -0.462 e. The number of thiophene rings is 1. The van der Waals surface area contributed by atoms with E-state index >= 15 is 0 Å². The van der Waals surface area contributed by atoms with Gasteiger partial charge in [-0.1, -0.05) is 19.9 Å². The van der Waals surface area contributed by atoms with Gasteiger partial charge in [-0.2, -0.15) is 0 Å². The third-order valence-corrected chi connectivity index (χ3v) is 6.80. The van der Waals surface area contributed by atoms with Crippen LogP contribution in [0.4, 0.5) is 5.00 Å². The molecular formula is C22H28N2O3S2. The van der Waals surface area contributed by atoms with Crippen molar-refractivity contribution in [1.29, 1.82) is 0 Å². The SMILES string of the molecule is CCCN1CCc2c(sc(NC(=O)c3cccc(SCC)c3)c2C(=O)OCC)C1. The number of amides is 1. The Morgan fingerprint density at radius 2 is 2.10 bits per heavy atom. The molecule has 1 aromatic carbocycles. The van der Waals surface area contributed by atoms with Gasteiger partial charge in [-0.3, -0.25) is 9.69 Å². The maximum Gasteiger partial charge on any atom is 0.341 e. The number of benzene rings is 1. The number of nitrogens with one attached hydrogen (secondary N) is 1. The average Bonchev–Trinajstić information content (AvgIpc) is 3.06. The second kappa shape index (κ2) is 10.3. The van der Waals surface area contributed by atoms with Crippen molar-refractivity contribution in [2.75, 3.05) is 30.8 Å². The zero-order valence-corrected chi connectivity index (χ0v) is 18.9. The molecule has 3 rings (SSSR count). The van der Waals surface area contributed by atoms with Crippen LogP contribution in [-0.2, 0) is 17.7 Å². The first-order chi connectivity index (χ1) is 14.1. The molecule has 0 saturated heterocycles. The Morgan fingerprint density at radius 3 is 2.83 bits per heavy atom. The van der Waals surface area contributed by atoms with Gasteiger partial charge < -0.3 is 10.1 Å². The van der Waals surface area contributed by atoms with Gasteiger partial charge in [-0.05, 0) is 55.8 Å². The molecule has 0 unspecified atom stereocenters. The lowest BCUT2D eigenvalue weighted by Crippen LogP contribution is -2.30. The highest BCUT2D eigenvalue weighted by atomic mass is 32.2. The predicted molar refractivity (Wildman–Crippen MR) is 120 cm³/mol. The molecule has 1 aromatic heterocycles. The molecule has 0 saturated carbocycles. The Hall–Kier alpha value is -1.83. The molecule has 156 valence electrons. The maximum atomic E-state index is 12.9. The number of ether oxygens (including phenoxy) is 1. The van der Waals surface area contributed by atoms with Gasteiger partial charge in [0.25, 0.3) is 5.91 Å². The summed E-state index contributed by atoms with van der Waals surface area (Å²) >= 11 is 3.20. The third-order valence-electron chi connectivity index (χ3n) is 4.79. The molecule has 0 radical (unpaired) electrons. The van der Waals surface area contributed by atoms with E-state index in [0.29, 0.717) is 22.7 Å². The fraction of sp³-hybridized carbons (Fsp3) is 0.455. The number of hydrogen-bond donors (Lipinski definition) is 1. The van der Waals surface area contributed by atoms with E-state index in [9.17, 15) is 9.59 Å². The monoisotopic (exact) mass is 432 g/mol. The largest absolute Gasteiger partial charge is 0.462 e. The number of rotatable bonds is 8. The van der Waals surface area contributed by atoms with E-state index in [1.165, 1.54) is 11.3 Å². The van der Waals surface area contributed by atoms with Crippen LogP contribution in [0.15, 0.2) is 29.2 Å². The lowest BCUT2D eigenvalue weighted by atomic mass is 10.0. The normalized spacial score (nSPS) is 13.8. The number of thioether (sulfide) groups is 1. The van der Waals surface area contributed by atoms with Crippen LogP contribution in [0.3, 0.4) is 0 Å². The number of nitrogens with zero attached hydrogens (tertiary/aromatic N) is 1. The highest BCUT2D eigenvalue weighted by Gasteiger charge is 2.29. The summed E-state index contributed by atoms with van der Waals surface area (Å²) in [6, 6.07) is 7.59. The zero-order chi connectivity index (χ0) is 20.8. The minimum atomic E-state index is -0.348. The molecule has 0 spiro atoms. The Morgan fingerprint density at radius 1 is 1.28 bits per heavy atom. The van der Waals surface area contributed by atoms with Crippen molar-refractivity contribution in [3.8, 4) is 0 Å². The van der Waals surface area contributed by atoms with Crippen molar-refractivity contribution in [2.24, 2.45) is 0 Å². The number of anilines is 1. The quantitative estimate of drug-likeness (QED) is 0.467. The minimum absolute atomic E-state index is 0.196. The molecule has 2 heterocycles. The van der Waals surface area contributed by atoms with Crippen molar-refractivity contribution in [1.82, 2.24) is 4.90 Å². The topological polar surface area (TPSA) is 58.6 Å². The fourth-order valence-corrected chi connectivity index (χ4v) is 5.53. The van der Waals surface area contributed by atoms with Crippen molar-refractivity contribution < 1.29 is 14.3 Å². The molecule has 0 bridgehead atoms. The van der Waals surface area contributed by atoms with E-state index in [-0.39, 0.29) is 11.9 Å². The van der Waals surface area contributed by atoms with Crippen LogP contribution in [0.25, 0.3) is 0 Å². The number of esters is 1. The number of carbonyl (C=O) groups is 2. The smallest absolute Gasteiger partial charge is 0.341 e. The van der Waals surface area contributed by atoms with Crippen LogP contribution in [0.5, 0.6) is 0 Å². The van der Waals surface area contributed by atoms with Crippen molar-refractivity contribution in [3.63, 3.8) is 0 Å². The van der Waals surface area contributed by atoms with Gasteiger partial charge in [0, 0.05) is 28.4 Å². The van der Waals surface area contributed by atoms with Crippen LogP contribution in [0, 0.1) is 0 Å². The fourth-order valence-electron chi connectivity index (χ4n) is 3.54. The van der Waals surface area contributed by atoms with Gasteiger partial charge in [0.05, 0.1) is 12.2 Å². The van der Waals surface area contributed by atoms with Crippen LogP contribution >= 0.6 is 23.1 Å². The molecule has 0 aliphatic carbocycles. The van der Waals surface area contributed by atoms with Crippen LogP contribution in [0.2, 0.25) is 0 Å². The molecule has 2 aromatic rings. The molecule has 5 nitrogen and oxygen atoms in total. The lowest BCUT2D eigenvalue weighted by Gasteiger charge is -2.26. The van der Waals surface area contributed by atoms with Crippen molar-refractivity contribution in [2.45, 2.75) is 45.1 Å². The first kappa shape index (κ1) is 21.9.